The molecule has 3 atom stereocenters. The summed E-state index contributed by atoms with van der Waals surface area (Å²) in [5.41, 5.74) is 10.1. The Labute approximate surface area is 479 Å². The molecule has 0 fully saturated rings. The lowest BCUT2D eigenvalue weighted by Gasteiger charge is -2.25. The molecular formula is C62H75N5O10S3. The number of likely N-dealkylation sites (N-methyl/N-ethyl adjacent to an activating group) is 1. The summed E-state index contributed by atoms with van der Waals surface area (Å²) in [6, 6.07) is 29.7. The molecule has 4 heterocycles. The molecule has 4 aliphatic heterocycles. The third-order valence-electron chi connectivity index (χ3n) is 15.7. The summed E-state index contributed by atoms with van der Waals surface area (Å²) in [5, 5.41) is 5.18. The molecule has 0 aliphatic carbocycles. The van der Waals surface area contributed by atoms with Crippen LogP contribution < -0.4 is 39.5 Å². The van der Waals surface area contributed by atoms with E-state index in [0.29, 0.717) is 65.6 Å². The first-order chi connectivity index (χ1) is 38.5. The first kappa shape index (κ1) is 58.6. The van der Waals surface area contributed by atoms with Gasteiger partial charge in [0, 0.05) is 71.7 Å². The topological polar surface area (TPSA) is 173 Å². The molecule has 0 spiro atoms. The minimum absolute atomic E-state index is 0.0110. The van der Waals surface area contributed by atoms with Gasteiger partial charge in [-0.1, -0.05) is 71.3 Å². The molecule has 2 N–H and O–H groups in total. The lowest BCUT2D eigenvalue weighted by Crippen LogP contribution is -2.41. The number of nitrogens with one attached hydrogen (secondary N) is 2. The molecule has 18 heteroatoms. The molecule has 0 radical (unpaired) electrons. The number of benzene rings is 5. The van der Waals surface area contributed by atoms with Gasteiger partial charge in [0.2, 0.25) is 5.91 Å². The van der Waals surface area contributed by atoms with Gasteiger partial charge in [-0.15, -0.1) is 0 Å². The van der Waals surface area contributed by atoms with Crippen LogP contribution in [-0.2, 0) is 56.4 Å². The van der Waals surface area contributed by atoms with Crippen molar-refractivity contribution in [3.05, 3.63) is 136 Å². The van der Waals surface area contributed by atoms with Gasteiger partial charge in [-0.2, -0.15) is 8.42 Å². The van der Waals surface area contributed by atoms with E-state index in [1.807, 2.05) is 117 Å². The molecule has 0 saturated carbocycles. The summed E-state index contributed by atoms with van der Waals surface area (Å²) in [6.07, 6.45) is 6.55. The van der Waals surface area contributed by atoms with E-state index in [2.05, 4.69) is 27.7 Å². The van der Waals surface area contributed by atoms with E-state index in [1.54, 1.807) is 24.0 Å². The van der Waals surface area contributed by atoms with Crippen molar-refractivity contribution in [3.8, 4) is 17.2 Å². The van der Waals surface area contributed by atoms with Crippen molar-refractivity contribution in [2.45, 2.75) is 134 Å². The smallest absolute Gasteiger partial charge is 0.277 e. The minimum atomic E-state index is -4.05. The molecule has 15 nitrogen and oxygen atoms in total. The number of carbonyl (C=O) groups is 4. The number of carbonyl (C=O) groups excluding carboxylic acids is 4. The second-order valence-electron chi connectivity index (χ2n) is 21.9. The monoisotopic (exact) mass is 1150 g/mol. The lowest BCUT2D eigenvalue weighted by atomic mass is 9.99. The summed E-state index contributed by atoms with van der Waals surface area (Å²) in [5.74, 6) is 1.42. The average Bonchev–Trinajstić information content (AvgIpc) is 4.01. The standard InChI is InChI=1S/C62H75N5O10S3/c1-8-63-26-15-9-10-20-54(68)58(80(72,73)75-7)24-27-78-79-62(3,4)25-23-59(69)64-46-30-41(38-76-55-36-53-50(28-40(55)2)61(71)67-48(37-65(53)5)33-45-17-12-14-19-52(45)67)29-42(31-46)39-77-57-34-43-21-22-47-32-44-16-11-13-18-51(44)66(47)60(70)49(43)35-56(57)74-6/h11-14,16-19,28-31,34-36,47-48,58,63H,8-10,15,20-27,32-33,37-39H2,1-7H3,(H,64,69)/t47-,48+,58?/m1/s1. The maximum absolute atomic E-state index is 14.3. The van der Waals surface area contributed by atoms with Crippen LogP contribution in [-0.4, -0.2) is 101 Å². The fraction of sp³-hybridized carbons (Fsp3) is 0.452. The highest BCUT2D eigenvalue weighted by atomic mass is 33.1. The van der Waals surface area contributed by atoms with Crippen molar-refractivity contribution < 1.29 is 46.0 Å². The van der Waals surface area contributed by atoms with E-state index in [4.69, 9.17) is 18.4 Å². The molecule has 1 unspecified atom stereocenters. The predicted molar refractivity (Wildman–Crippen MR) is 321 cm³/mol. The number of unbranched alkanes of at least 4 members (excludes halogenated alkanes) is 2. The third-order valence-corrected chi connectivity index (χ3v) is 20.7. The molecular weight excluding hydrogens is 1070 g/mol. The highest BCUT2D eigenvalue weighted by Gasteiger charge is 2.40. The normalized spacial score (nSPS) is 16.9. The van der Waals surface area contributed by atoms with E-state index in [-0.39, 0.29) is 72.8 Å². The van der Waals surface area contributed by atoms with E-state index in [1.165, 1.54) is 21.9 Å². The largest absolute Gasteiger partial charge is 0.493 e. The molecule has 9 rings (SSSR count). The first-order valence-electron chi connectivity index (χ1n) is 27.9. The number of aryl methyl sites for hydroxylation is 2. The van der Waals surface area contributed by atoms with Gasteiger partial charge in [0.1, 0.15) is 24.2 Å². The van der Waals surface area contributed by atoms with Crippen molar-refractivity contribution in [1.82, 2.24) is 5.32 Å². The molecule has 5 aromatic rings. The highest BCUT2D eigenvalue weighted by molar-refractivity contribution is 8.77. The minimum Gasteiger partial charge on any atom is -0.493 e. The SMILES string of the molecule is CCNCCCCCC(=O)C(CCSSC(C)(C)CCC(=O)Nc1cc(COc2cc3c(cc2C)C(=O)N2c4ccccc4C[C@H]2CN3C)cc(COc2cc3c(cc2OC)C(=O)N2c4ccccc4C[C@H]2CC3)c1)S(=O)(=O)OC. The van der Waals surface area contributed by atoms with Gasteiger partial charge in [-0.05, 0) is 167 Å². The van der Waals surface area contributed by atoms with Crippen LogP contribution in [0, 0.1) is 6.92 Å². The quantitative estimate of drug-likeness (QED) is 0.0304. The number of amides is 3. The third kappa shape index (κ3) is 13.5. The van der Waals surface area contributed by atoms with Crippen LogP contribution >= 0.6 is 21.6 Å². The number of hydrogen-bond donors (Lipinski definition) is 2. The molecule has 426 valence electrons. The Morgan fingerprint density at radius 2 is 1.43 bits per heavy atom. The number of methoxy groups -OCH3 is 1. The van der Waals surface area contributed by atoms with E-state index in [0.717, 1.165) is 91.6 Å². The van der Waals surface area contributed by atoms with Gasteiger partial charge in [0.05, 0.1) is 31.5 Å². The molecule has 3 amide bonds. The number of rotatable bonds is 26. The Kier molecular flexibility index (Phi) is 18.9. The van der Waals surface area contributed by atoms with Gasteiger partial charge < -0.3 is 39.5 Å². The predicted octanol–water partition coefficient (Wildman–Crippen LogP) is 11.1. The Balaban J connectivity index is 0.886. The summed E-state index contributed by atoms with van der Waals surface area (Å²) in [7, 11) is 3.69. The number of fused-ring (bicyclic) bond motifs is 8. The Morgan fingerprint density at radius 3 is 2.11 bits per heavy atom. The number of para-hydroxylation sites is 2. The summed E-state index contributed by atoms with van der Waals surface area (Å²) >= 11 is 0. The molecule has 0 aromatic heterocycles. The van der Waals surface area contributed by atoms with Crippen LogP contribution in [0.1, 0.15) is 126 Å². The van der Waals surface area contributed by atoms with Crippen molar-refractivity contribution in [1.29, 1.82) is 0 Å². The van der Waals surface area contributed by atoms with E-state index in [9.17, 15) is 27.6 Å². The van der Waals surface area contributed by atoms with Crippen molar-refractivity contribution in [2.24, 2.45) is 0 Å². The molecule has 5 aromatic carbocycles. The van der Waals surface area contributed by atoms with Crippen LogP contribution in [0.25, 0.3) is 0 Å². The fourth-order valence-electron chi connectivity index (χ4n) is 11.5. The second kappa shape index (κ2) is 25.8. The number of hydrogen-bond acceptors (Lipinski definition) is 14. The van der Waals surface area contributed by atoms with Gasteiger partial charge in [0.25, 0.3) is 21.9 Å². The molecule has 4 aliphatic rings. The van der Waals surface area contributed by atoms with Crippen LogP contribution in [0.15, 0.2) is 91.0 Å². The van der Waals surface area contributed by atoms with Gasteiger partial charge in [-0.3, -0.25) is 23.4 Å². The molecule has 80 heavy (non-hydrogen) atoms. The van der Waals surface area contributed by atoms with Gasteiger partial charge in [-0.25, -0.2) is 0 Å². The molecule has 0 saturated heterocycles. The second-order valence-corrected chi connectivity index (χ2v) is 26.9. The maximum atomic E-state index is 14.3. The Morgan fingerprint density at radius 1 is 0.762 bits per heavy atom. The van der Waals surface area contributed by atoms with E-state index < -0.39 is 15.4 Å². The van der Waals surface area contributed by atoms with Crippen LogP contribution in [0.3, 0.4) is 0 Å². The van der Waals surface area contributed by atoms with Crippen molar-refractivity contribution in [3.63, 3.8) is 0 Å². The zero-order valence-corrected chi connectivity index (χ0v) is 49.5. The number of nitrogens with zero attached hydrogens (tertiary/aromatic N) is 3. The Bertz CT molecular complexity index is 3220. The van der Waals surface area contributed by atoms with Gasteiger partial charge >= 0.3 is 0 Å². The zero-order valence-electron chi connectivity index (χ0n) is 47.1. The fourth-order valence-corrected chi connectivity index (χ4v) is 15.3. The van der Waals surface area contributed by atoms with Crippen LogP contribution in [0.5, 0.6) is 17.2 Å². The Hall–Kier alpha value is -6.05. The van der Waals surface area contributed by atoms with Crippen molar-refractivity contribution in [2.75, 3.05) is 66.7 Å². The average molecular weight is 1150 g/mol. The van der Waals surface area contributed by atoms with Crippen molar-refractivity contribution >= 4 is 78.0 Å². The summed E-state index contributed by atoms with van der Waals surface area (Å²) in [4.78, 5) is 61.5. The van der Waals surface area contributed by atoms with E-state index >= 15 is 0 Å². The van der Waals surface area contributed by atoms with Crippen LogP contribution in [0.2, 0.25) is 0 Å². The van der Waals surface area contributed by atoms with Crippen LogP contribution in [0.4, 0.5) is 22.7 Å². The van der Waals surface area contributed by atoms with Gasteiger partial charge in [0.15, 0.2) is 17.3 Å². The molecule has 0 bridgehead atoms. The lowest BCUT2D eigenvalue weighted by molar-refractivity contribution is -0.119. The number of ketones is 1. The number of Topliss-reactive ketones (excluding diaryl/α,β-unsaturated/α-hetero) is 1. The number of anilines is 4. The first-order valence-corrected chi connectivity index (χ1v) is 31.7. The number of ether oxygens (including phenoxy) is 3. The summed E-state index contributed by atoms with van der Waals surface area (Å²) < 4.78 is 49.1. The maximum Gasteiger partial charge on any atom is 0.277 e. The highest BCUT2D eigenvalue weighted by Crippen LogP contribution is 2.43. The zero-order chi connectivity index (χ0) is 56.7. The summed E-state index contributed by atoms with van der Waals surface area (Å²) in [6.45, 7) is 10.7.